The van der Waals surface area contributed by atoms with Crippen molar-refractivity contribution in [1.82, 2.24) is 0 Å². The lowest BCUT2D eigenvalue weighted by atomic mass is 10.0. The number of anilines is 1. The van der Waals surface area contributed by atoms with Crippen molar-refractivity contribution in [3.63, 3.8) is 0 Å². The van der Waals surface area contributed by atoms with Crippen LogP contribution >= 0.6 is 0 Å². The smallest absolute Gasteiger partial charge is 0.279 e. The summed E-state index contributed by atoms with van der Waals surface area (Å²) in [5.74, 6) is 1.88. The van der Waals surface area contributed by atoms with E-state index in [1.54, 1.807) is 38.7 Å². The molecule has 1 atom stereocenters. The van der Waals surface area contributed by atoms with E-state index in [-0.39, 0.29) is 18.5 Å². The summed E-state index contributed by atoms with van der Waals surface area (Å²) in [5, 5.41) is 4.83. The van der Waals surface area contributed by atoms with Crippen LogP contribution in [0.1, 0.15) is 17.4 Å². The van der Waals surface area contributed by atoms with Crippen LogP contribution < -0.4 is 20.1 Å². The molecule has 1 amide bonds. The fourth-order valence-electron chi connectivity index (χ4n) is 2.87. The van der Waals surface area contributed by atoms with Gasteiger partial charge in [-0.05, 0) is 24.3 Å². The van der Waals surface area contributed by atoms with Gasteiger partial charge < -0.3 is 24.5 Å². The summed E-state index contributed by atoms with van der Waals surface area (Å²) in [6.07, 6.45) is 1.64. The monoisotopic (exact) mass is 367 g/mol. The zero-order valence-electron chi connectivity index (χ0n) is 15.3. The summed E-state index contributed by atoms with van der Waals surface area (Å²) in [6, 6.07) is 18.9. The van der Waals surface area contributed by atoms with Crippen LogP contribution in [0.25, 0.3) is 0 Å². The highest BCUT2D eigenvalue weighted by atomic mass is 16.5. The van der Waals surface area contributed by atoms with Crippen LogP contribution in [0.4, 0.5) is 5.69 Å². The predicted molar refractivity (Wildman–Crippen MR) is 102 cm³/mol. The first-order valence-corrected chi connectivity index (χ1v) is 8.65. The second kappa shape index (κ2) is 8.91. The largest absolute Gasteiger partial charge is 0.497 e. The Morgan fingerprint density at radius 1 is 1.07 bits per heavy atom. The first-order valence-electron chi connectivity index (χ1n) is 8.65. The molecule has 3 N–H and O–H groups in total. The molecule has 0 unspecified atom stereocenters. The van der Waals surface area contributed by atoms with Gasteiger partial charge in [-0.25, -0.2) is 0 Å². The van der Waals surface area contributed by atoms with Gasteiger partial charge in [0.25, 0.3) is 5.91 Å². The molecule has 2 aromatic carbocycles. The van der Waals surface area contributed by atoms with E-state index in [4.69, 9.17) is 13.9 Å². The van der Waals surface area contributed by atoms with Gasteiger partial charge in [0, 0.05) is 11.6 Å². The minimum atomic E-state index is -0.133. The number of furan rings is 1. The van der Waals surface area contributed by atoms with Crippen LogP contribution in [0.2, 0.25) is 0 Å². The van der Waals surface area contributed by atoms with Gasteiger partial charge in [0.1, 0.15) is 11.5 Å². The molecule has 3 rings (SSSR count). The average Bonchev–Trinajstić information content (AvgIpc) is 3.24. The van der Waals surface area contributed by atoms with Gasteiger partial charge in [-0.3, -0.25) is 4.79 Å². The molecule has 6 heteroatoms. The Morgan fingerprint density at radius 3 is 2.56 bits per heavy atom. The second-order valence-corrected chi connectivity index (χ2v) is 5.96. The Hall–Kier alpha value is -3.25. The maximum atomic E-state index is 12.5. The van der Waals surface area contributed by atoms with E-state index in [0.29, 0.717) is 17.2 Å². The molecule has 0 saturated heterocycles. The van der Waals surface area contributed by atoms with Crippen LogP contribution in [0.3, 0.4) is 0 Å². The normalized spacial score (nSPS) is 11.6. The van der Waals surface area contributed by atoms with Crippen molar-refractivity contribution in [3.05, 3.63) is 78.3 Å². The minimum absolute atomic E-state index is 0.0929. The average molecular weight is 367 g/mol. The molecule has 0 aliphatic carbocycles. The van der Waals surface area contributed by atoms with Gasteiger partial charge in [0.05, 0.1) is 26.2 Å². The highest BCUT2D eigenvalue weighted by Crippen LogP contribution is 2.28. The third kappa shape index (κ3) is 4.68. The van der Waals surface area contributed by atoms with Crippen molar-refractivity contribution in [2.24, 2.45) is 0 Å². The molecule has 27 heavy (non-hydrogen) atoms. The van der Waals surface area contributed by atoms with Crippen LogP contribution in [-0.4, -0.2) is 26.7 Å². The summed E-state index contributed by atoms with van der Waals surface area (Å²) in [5.41, 5.74) is 1.67. The zero-order valence-corrected chi connectivity index (χ0v) is 15.3. The van der Waals surface area contributed by atoms with E-state index in [1.807, 2.05) is 47.8 Å². The van der Waals surface area contributed by atoms with E-state index in [9.17, 15) is 4.79 Å². The molecular weight excluding hydrogens is 344 g/mol. The fourth-order valence-corrected chi connectivity index (χ4v) is 2.87. The number of hydrogen-bond acceptors (Lipinski definition) is 4. The van der Waals surface area contributed by atoms with Gasteiger partial charge in [-0.1, -0.05) is 30.3 Å². The third-order valence-electron chi connectivity index (χ3n) is 4.23. The maximum Gasteiger partial charge on any atom is 0.279 e. The van der Waals surface area contributed by atoms with E-state index in [1.165, 1.54) is 0 Å². The maximum absolute atomic E-state index is 12.5. The van der Waals surface area contributed by atoms with E-state index < -0.39 is 0 Å². The molecule has 0 radical (unpaired) electrons. The van der Waals surface area contributed by atoms with E-state index >= 15 is 0 Å². The molecule has 6 nitrogen and oxygen atoms in total. The van der Waals surface area contributed by atoms with Gasteiger partial charge in [-0.2, -0.15) is 0 Å². The number of carbonyl (C=O) groups is 1. The number of benzene rings is 2. The molecule has 1 aromatic heterocycles. The number of hydrogen-bond donors (Lipinski definition) is 2. The van der Waals surface area contributed by atoms with E-state index in [2.05, 4.69) is 5.32 Å². The van der Waals surface area contributed by atoms with Crippen molar-refractivity contribution in [2.45, 2.75) is 6.04 Å². The first kappa shape index (κ1) is 18.5. The highest BCUT2D eigenvalue weighted by Gasteiger charge is 2.21. The summed E-state index contributed by atoms with van der Waals surface area (Å²) in [7, 11) is 3.14. The lowest BCUT2D eigenvalue weighted by Crippen LogP contribution is -2.87. The Kier molecular flexibility index (Phi) is 6.12. The van der Waals surface area contributed by atoms with Gasteiger partial charge in [0.2, 0.25) is 0 Å². The lowest BCUT2D eigenvalue weighted by Gasteiger charge is -2.15. The van der Waals surface area contributed by atoms with Crippen LogP contribution in [0.5, 0.6) is 11.5 Å². The Labute approximate surface area is 158 Å². The first-order chi connectivity index (χ1) is 13.2. The van der Waals surface area contributed by atoms with Crippen molar-refractivity contribution in [3.8, 4) is 11.5 Å². The molecule has 0 spiro atoms. The van der Waals surface area contributed by atoms with Gasteiger partial charge in [-0.15, -0.1) is 0 Å². The van der Waals surface area contributed by atoms with Crippen LogP contribution in [0, 0.1) is 0 Å². The molecule has 3 aromatic rings. The van der Waals surface area contributed by atoms with Crippen molar-refractivity contribution in [1.29, 1.82) is 0 Å². The number of nitrogens with two attached hydrogens (primary N) is 1. The standard InChI is InChI=1S/C21H22N2O4/c1-25-16-10-11-17(19(13-16)26-2)23-20(24)14-22-21(18-9-6-12-27-18)15-7-4-3-5-8-15/h3-13,21-22H,14H2,1-2H3,(H,23,24)/p+1/t21-/m0/s1. The van der Waals surface area contributed by atoms with Crippen LogP contribution in [-0.2, 0) is 4.79 Å². The van der Waals surface area contributed by atoms with Crippen LogP contribution in [0.15, 0.2) is 71.3 Å². The summed E-state index contributed by atoms with van der Waals surface area (Å²) < 4.78 is 16.1. The highest BCUT2D eigenvalue weighted by molar-refractivity contribution is 5.93. The van der Waals surface area contributed by atoms with E-state index in [0.717, 1.165) is 11.3 Å². The van der Waals surface area contributed by atoms with Gasteiger partial charge >= 0.3 is 0 Å². The summed E-state index contributed by atoms with van der Waals surface area (Å²) >= 11 is 0. The molecule has 0 aliphatic heterocycles. The zero-order chi connectivity index (χ0) is 19.1. The third-order valence-corrected chi connectivity index (χ3v) is 4.23. The Morgan fingerprint density at radius 2 is 1.89 bits per heavy atom. The molecule has 140 valence electrons. The van der Waals surface area contributed by atoms with Crippen molar-refractivity contribution in [2.75, 3.05) is 26.1 Å². The molecule has 1 heterocycles. The molecule has 0 aliphatic rings. The number of quaternary nitrogens is 1. The van der Waals surface area contributed by atoms with Gasteiger partial charge in [0.15, 0.2) is 18.3 Å². The lowest BCUT2D eigenvalue weighted by molar-refractivity contribution is -0.678. The van der Waals surface area contributed by atoms with Crippen molar-refractivity contribution < 1.29 is 24.0 Å². The molecule has 0 saturated carbocycles. The number of amides is 1. The molecular formula is C21H23N2O4+. The SMILES string of the molecule is COc1ccc(NC(=O)C[NH2+][C@@H](c2ccccc2)c2ccco2)c(OC)c1. The molecule has 0 bridgehead atoms. The number of rotatable bonds is 8. The topological polar surface area (TPSA) is 77.3 Å². The minimum Gasteiger partial charge on any atom is -0.497 e. The van der Waals surface area contributed by atoms with Crippen molar-refractivity contribution >= 4 is 11.6 Å². The second-order valence-electron chi connectivity index (χ2n) is 5.96. The number of ether oxygens (including phenoxy) is 2. The Balaban J connectivity index is 1.68. The summed E-state index contributed by atoms with van der Waals surface area (Å²) in [6.45, 7) is 0.232. The summed E-state index contributed by atoms with van der Waals surface area (Å²) in [4.78, 5) is 12.5. The quantitative estimate of drug-likeness (QED) is 0.642. The fraction of sp³-hybridized carbons (Fsp3) is 0.190. The number of nitrogens with one attached hydrogen (secondary N) is 1. The Bertz CT molecular complexity index is 863. The predicted octanol–water partition coefficient (Wildman–Crippen LogP) is 2.59. The molecule has 0 fully saturated rings. The number of carbonyl (C=O) groups excluding carboxylic acids is 1. The number of methoxy groups -OCH3 is 2.